The van der Waals surface area contributed by atoms with E-state index in [-0.39, 0.29) is 11.6 Å². The number of aliphatic hydroxyl groups is 2. The molecule has 0 bridgehead atoms. The van der Waals surface area contributed by atoms with Gasteiger partial charge in [-0.25, -0.2) is 14.8 Å². The van der Waals surface area contributed by atoms with Crippen molar-refractivity contribution in [1.82, 2.24) is 9.97 Å². The Morgan fingerprint density at radius 1 is 1.40 bits per heavy atom. The normalized spacial score (nSPS) is 14.3. The maximum atomic E-state index is 10.4. The highest BCUT2D eigenvalue weighted by Gasteiger charge is 2.25. The van der Waals surface area contributed by atoms with Gasteiger partial charge in [0.2, 0.25) is 0 Å². The van der Waals surface area contributed by atoms with Crippen LogP contribution in [-0.4, -0.2) is 44.5 Å². The minimum atomic E-state index is -1.90. The van der Waals surface area contributed by atoms with Crippen molar-refractivity contribution in [3.63, 3.8) is 0 Å². The van der Waals surface area contributed by atoms with Gasteiger partial charge in [-0.05, 0) is 0 Å². The van der Waals surface area contributed by atoms with Gasteiger partial charge in [-0.1, -0.05) is 0 Å². The number of hydrogen-bond donors (Lipinski definition) is 3. The third-order valence-electron chi connectivity index (χ3n) is 1.72. The quantitative estimate of drug-likeness (QED) is 0.586. The van der Waals surface area contributed by atoms with E-state index in [1.807, 2.05) is 0 Å². The highest BCUT2D eigenvalue weighted by molar-refractivity contribution is 5.72. The zero-order chi connectivity index (χ0) is 11.4. The number of methoxy groups -OCH3 is 1. The third-order valence-corrected chi connectivity index (χ3v) is 1.72. The standard InChI is InChI=1S/C8H10N2O5/c1-15-8-9-2-4(3-10-8)5(11)6(12)7(13)14/h2-3,5-6,11-12H,1H3,(H,13,14). The maximum absolute atomic E-state index is 10.4. The van der Waals surface area contributed by atoms with Gasteiger partial charge >= 0.3 is 12.0 Å². The molecule has 2 atom stereocenters. The summed E-state index contributed by atoms with van der Waals surface area (Å²) >= 11 is 0. The average molecular weight is 214 g/mol. The van der Waals surface area contributed by atoms with Crippen molar-refractivity contribution in [3.8, 4) is 6.01 Å². The van der Waals surface area contributed by atoms with Gasteiger partial charge in [-0.2, -0.15) is 0 Å². The first kappa shape index (κ1) is 11.3. The number of ether oxygens (including phenoxy) is 1. The highest BCUT2D eigenvalue weighted by Crippen LogP contribution is 2.16. The Morgan fingerprint density at radius 3 is 2.33 bits per heavy atom. The molecule has 82 valence electrons. The van der Waals surface area contributed by atoms with E-state index in [4.69, 9.17) is 10.2 Å². The molecule has 1 heterocycles. The SMILES string of the molecule is COc1ncc(C(O)C(O)C(=O)O)cn1. The molecule has 0 aliphatic carbocycles. The van der Waals surface area contributed by atoms with Crippen molar-refractivity contribution in [2.75, 3.05) is 7.11 Å². The van der Waals surface area contributed by atoms with Gasteiger partial charge in [0, 0.05) is 18.0 Å². The van der Waals surface area contributed by atoms with Crippen molar-refractivity contribution in [1.29, 1.82) is 0 Å². The van der Waals surface area contributed by atoms with Crippen LogP contribution in [0.15, 0.2) is 12.4 Å². The predicted octanol–water partition coefficient (Wildman–Crippen LogP) is -1.04. The summed E-state index contributed by atoms with van der Waals surface area (Å²) in [4.78, 5) is 17.7. The lowest BCUT2D eigenvalue weighted by molar-refractivity contribution is -0.153. The van der Waals surface area contributed by atoms with Gasteiger partial charge in [0.05, 0.1) is 7.11 Å². The van der Waals surface area contributed by atoms with Gasteiger partial charge in [-0.15, -0.1) is 0 Å². The Bertz CT molecular complexity index is 339. The number of carbonyl (C=O) groups is 1. The van der Waals surface area contributed by atoms with Gasteiger partial charge in [-0.3, -0.25) is 0 Å². The number of aromatic nitrogens is 2. The van der Waals surface area contributed by atoms with Gasteiger partial charge in [0.1, 0.15) is 6.10 Å². The van der Waals surface area contributed by atoms with Gasteiger partial charge in [0.15, 0.2) is 6.10 Å². The Kier molecular flexibility index (Phi) is 3.53. The molecule has 0 aliphatic heterocycles. The molecule has 1 aromatic rings. The number of carboxylic acid groups (broad SMARTS) is 1. The summed E-state index contributed by atoms with van der Waals surface area (Å²) in [5.74, 6) is -1.52. The van der Waals surface area contributed by atoms with Gasteiger partial charge < -0.3 is 20.1 Å². The molecule has 0 fully saturated rings. The van der Waals surface area contributed by atoms with Crippen LogP contribution in [0.25, 0.3) is 0 Å². The molecule has 7 heteroatoms. The largest absolute Gasteiger partial charge is 0.479 e. The smallest absolute Gasteiger partial charge is 0.335 e. The molecule has 3 N–H and O–H groups in total. The van der Waals surface area contributed by atoms with E-state index in [1.165, 1.54) is 19.5 Å². The van der Waals surface area contributed by atoms with Crippen molar-refractivity contribution in [2.24, 2.45) is 0 Å². The number of hydrogen-bond acceptors (Lipinski definition) is 6. The van der Waals surface area contributed by atoms with E-state index in [0.717, 1.165) is 0 Å². The Morgan fingerprint density at radius 2 is 1.93 bits per heavy atom. The van der Waals surface area contributed by atoms with E-state index >= 15 is 0 Å². The second-order valence-corrected chi connectivity index (χ2v) is 2.73. The predicted molar refractivity (Wildman–Crippen MR) is 47.2 cm³/mol. The Hall–Kier alpha value is -1.73. The monoisotopic (exact) mass is 214 g/mol. The molecule has 0 spiro atoms. The van der Waals surface area contributed by atoms with Crippen molar-refractivity contribution in [2.45, 2.75) is 12.2 Å². The lowest BCUT2D eigenvalue weighted by atomic mass is 10.1. The Labute approximate surface area is 85.0 Å². The molecular formula is C8H10N2O5. The maximum Gasteiger partial charge on any atom is 0.335 e. The molecular weight excluding hydrogens is 204 g/mol. The Balaban J connectivity index is 2.82. The second kappa shape index (κ2) is 4.67. The van der Waals surface area contributed by atoms with E-state index in [9.17, 15) is 9.90 Å². The molecule has 0 saturated heterocycles. The second-order valence-electron chi connectivity index (χ2n) is 2.73. The van der Waals surface area contributed by atoms with Crippen molar-refractivity contribution in [3.05, 3.63) is 18.0 Å². The average Bonchev–Trinajstić information content (AvgIpc) is 2.27. The lowest BCUT2D eigenvalue weighted by Crippen LogP contribution is -2.27. The van der Waals surface area contributed by atoms with Crippen molar-refractivity contribution >= 4 is 5.97 Å². The van der Waals surface area contributed by atoms with Crippen LogP contribution in [0.4, 0.5) is 0 Å². The molecule has 0 radical (unpaired) electrons. The molecule has 7 nitrogen and oxygen atoms in total. The van der Waals surface area contributed by atoms with Crippen LogP contribution in [0.1, 0.15) is 11.7 Å². The molecule has 2 unspecified atom stereocenters. The summed E-state index contributed by atoms with van der Waals surface area (Å²) in [7, 11) is 1.37. The fourth-order valence-electron chi connectivity index (χ4n) is 0.902. The summed E-state index contributed by atoms with van der Waals surface area (Å²) in [6.07, 6.45) is -1.10. The lowest BCUT2D eigenvalue weighted by Gasteiger charge is -2.13. The minimum absolute atomic E-state index is 0.0933. The molecule has 1 aromatic heterocycles. The van der Waals surface area contributed by atoms with Crippen LogP contribution in [0.2, 0.25) is 0 Å². The molecule has 0 amide bonds. The summed E-state index contributed by atoms with van der Waals surface area (Å²) in [5, 5.41) is 26.8. The van der Waals surface area contributed by atoms with Crippen LogP contribution in [0.3, 0.4) is 0 Å². The number of carboxylic acids is 1. The molecule has 0 aromatic carbocycles. The number of aliphatic carboxylic acids is 1. The van der Waals surface area contributed by atoms with E-state index in [2.05, 4.69) is 14.7 Å². The topological polar surface area (TPSA) is 113 Å². The third kappa shape index (κ3) is 2.61. The van der Waals surface area contributed by atoms with Crippen LogP contribution < -0.4 is 4.74 Å². The van der Waals surface area contributed by atoms with Crippen molar-refractivity contribution < 1.29 is 24.9 Å². The van der Waals surface area contributed by atoms with E-state index in [0.29, 0.717) is 0 Å². The molecule has 0 saturated carbocycles. The summed E-state index contributed by atoms with van der Waals surface area (Å²) in [5.41, 5.74) is 0.103. The number of nitrogens with zero attached hydrogens (tertiary/aromatic N) is 2. The van der Waals surface area contributed by atoms with E-state index in [1.54, 1.807) is 0 Å². The van der Waals surface area contributed by atoms with Crippen LogP contribution >= 0.6 is 0 Å². The van der Waals surface area contributed by atoms with Crippen LogP contribution in [0, 0.1) is 0 Å². The summed E-state index contributed by atoms with van der Waals surface area (Å²) < 4.78 is 4.67. The van der Waals surface area contributed by atoms with E-state index < -0.39 is 18.2 Å². The van der Waals surface area contributed by atoms with Crippen LogP contribution in [0.5, 0.6) is 6.01 Å². The first-order valence-electron chi connectivity index (χ1n) is 4.01. The first-order chi connectivity index (χ1) is 7.06. The minimum Gasteiger partial charge on any atom is -0.479 e. The summed E-state index contributed by atoms with van der Waals surface area (Å²) in [6.45, 7) is 0. The highest BCUT2D eigenvalue weighted by atomic mass is 16.5. The first-order valence-corrected chi connectivity index (χ1v) is 4.01. The zero-order valence-electron chi connectivity index (χ0n) is 7.86. The fourth-order valence-corrected chi connectivity index (χ4v) is 0.902. The molecule has 15 heavy (non-hydrogen) atoms. The molecule has 1 rings (SSSR count). The molecule has 0 aliphatic rings. The zero-order valence-corrected chi connectivity index (χ0v) is 7.86. The van der Waals surface area contributed by atoms with Crippen LogP contribution in [-0.2, 0) is 4.79 Å². The number of rotatable bonds is 4. The van der Waals surface area contributed by atoms with Gasteiger partial charge in [0.25, 0.3) is 0 Å². The summed E-state index contributed by atoms with van der Waals surface area (Å²) in [6, 6.07) is 0.0933. The number of aliphatic hydroxyl groups excluding tert-OH is 2. The fraction of sp³-hybridized carbons (Fsp3) is 0.375.